The van der Waals surface area contributed by atoms with Crippen LogP contribution in [-0.4, -0.2) is 31.6 Å². The van der Waals surface area contributed by atoms with E-state index in [9.17, 15) is 0 Å². The highest BCUT2D eigenvalue weighted by Crippen LogP contribution is 2.38. The summed E-state index contributed by atoms with van der Waals surface area (Å²) in [4.78, 5) is 4.54. The Kier molecular flexibility index (Phi) is 5.10. The van der Waals surface area contributed by atoms with E-state index in [0.717, 1.165) is 11.2 Å². The van der Waals surface area contributed by atoms with Gasteiger partial charge in [-0.25, -0.2) is 0 Å². The lowest BCUT2D eigenvalue weighted by Crippen LogP contribution is -2.42. The highest BCUT2D eigenvalue weighted by Gasteiger charge is 2.52. The third-order valence-electron chi connectivity index (χ3n) is 5.81. The monoisotopic (exact) mass is 349 g/mol. The summed E-state index contributed by atoms with van der Waals surface area (Å²) in [6, 6.07) is 3.95. The normalized spacial score (nSPS) is 20.5. The summed E-state index contributed by atoms with van der Waals surface area (Å²) in [6.45, 7) is 20.0. The van der Waals surface area contributed by atoms with Crippen molar-refractivity contribution in [2.75, 3.05) is 0 Å². The van der Waals surface area contributed by atoms with Crippen molar-refractivity contribution in [1.82, 2.24) is 4.98 Å². The molecule has 0 saturated carbocycles. The Bertz CT molecular complexity index is 580. The van der Waals surface area contributed by atoms with Gasteiger partial charge in [-0.2, -0.15) is 0 Å². The zero-order valence-corrected chi connectivity index (χ0v) is 17.7. The van der Waals surface area contributed by atoms with E-state index in [2.05, 4.69) is 66.5 Å². The molecule has 1 fully saturated rings. The Labute approximate surface area is 148 Å². The molecule has 0 unspecified atom stereocenters. The summed E-state index contributed by atoms with van der Waals surface area (Å²) < 4.78 is 18.7. The Morgan fingerprint density at radius 2 is 1.67 bits per heavy atom. The molecule has 6 heteroatoms. The van der Waals surface area contributed by atoms with Crippen LogP contribution in [0.15, 0.2) is 18.3 Å². The smallest absolute Gasteiger partial charge is 0.411 e. The molecule has 0 amide bonds. The van der Waals surface area contributed by atoms with Crippen LogP contribution in [0.25, 0.3) is 0 Å². The first-order chi connectivity index (χ1) is 10.8. The molecule has 1 aromatic heterocycles. The average molecular weight is 349 g/mol. The molecular formula is C18H32BNO3Si. The van der Waals surface area contributed by atoms with Gasteiger partial charge in [0.05, 0.1) is 23.5 Å². The largest absolute Gasteiger partial charge is 0.496 e. The molecule has 0 radical (unpaired) electrons. The number of hydrogen-bond acceptors (Lipinski definition) is 4. The summed E-state index contributed by atoms with van der Waals surface area (Å²) >= 11 is 0. The van der Waals surface area contributed by atoms with Crippen LogP contribution in [0.1, 0.15) is 54.2 Å². The first kappa shape index (κ1) is 19.6. The van der Waals surface area contributed by atoms with E-state index in [1.54, 1.807) is 6.20 Å². The summed E-state index contributed by atoms with van der Waals surface area (Å²) in [5, 5.41) is 0.173. The van der Waals surface area contributed by atoms with Crippen molar-refractivity contribution in [3.05, 3.63) is 24.0 Å². The number of pyridine rings is 1. The molecule has 1 aromatic rings. The van der Waals surface area contributed by atoms with Crippen LogP contribution in [0.5, 0.6) is 0 Å². The summed E-state index contributed by atoms with van der Waals surface area (Å²) in [7, 11) is -2.23. The van der Waals surface area contributed by atoms with Gasteiger partial charge < -0.3 is 13.7 Å². The minimum atomic E-state index is -1.83. The standard InChI is InChI=1S/C18H32BNO3Si/c1-16(2,3)24(8,9)21-13-15-14(11-10-12-20-15)19-22-17(4,5)18(6,7)23-19/h10-12H,13H2,1-9H3. The van der Waals surface area contributed by atoms with Crippen LogP contribution in [0.4, 0.5) is 0 Å². The zero-order chi connectivity index (χ0) is 18.4. The van der Waals surface area contributed by atoms with E-state index >= 15 is 0 Å². The van der Waals surface area contributed by atoms with Gasteiger partial charge in [0.15, 0.2) is 8.32 Å². The van der Waals surface area contributed by atoms with E-state index in [4.69, 9.17) is 13.7 Å². The van der Waals surface area contributed by atoms with Gasteiger partial charge in [0.2, 0.25) is 0 Å². The highest BCUT2D eigenvalue weighted by molar-refractivity contribution is 6.74. The fourth-order valence-corrected chi connectivity index (χ4v) is 3.15. The molecule has 0 bridgehead atoms. The summed E-state index contributed by atoms with van der Waals surface area (Å²) in [5.41, 5.74) is 1.16. The van der Waals surface area contributed by atoms with E-state index in [1.807, 2.05) is 12.1 Å². The second-order valence-electron chi connectivity index (χ2n) is 9.18. The molecule has 1 aliphatic rings. The van der Waals surface area contributed by atoms with E-state index in [0.29, 0.717) is 6.61 Å². The Morgan fingerprint density at radius 1 is 1.12 bits per heavy atom. The quantitative estimate of drug-likeness (QED) is 0.773. The van der Waals surface area contributed by atoms with Crippen molar-refractivity contribution in [3.63, 3.8) is 0 Å². The predicted molar refractivity (Wildman–Crippen MR) is 102 cm³/mol. The second-order valence-corrected chi connectivity index (χ2v) is 14.0. The van der Waals surface area contributed by atoms with Crippen LogP contribution in [0.3, 0.4) is 0 Å². The van der Waals surface area contributed by atoms with Crippen molar-refractivity contribution < 1.29 is 13.7 Å². The lowest BCUT2D eigenvalue weighted by molar-refractivity contribution is 0.00578. The van der Waals surface area contributed by atoms with Gasteiger partial charge in [-0.15, -0.1) is 0 Å². The molecule has 0 spiro atoms. The van der Waals surface area contributed by atoms with Crippen molar-refractivity contribution in [1.29, 1.82) is 0 Å². The maximum atomic E-state index is 6.35. The highest BCUT2D eigenvalue weighted by atomic mass is 28.4. The Morgan fingerprint density at radius 3 is 2.17 bits per heavy atom. The van der Waals surface area contributed by atoms with Crippen LogP contribution in [-0.2, 0) is 20.3 Å². The van der Waals surface area contributed by atoms with Crippen molar-refractivity contribution in [2.45, 2.75) is 84.4 Å². The molecule has 0 atom stereocenters. The molecule has 4 nitrogen and oxygen atoms in total. The van der Waals surface area contributed by atoms with Crippen LogP contribution >= 0.6 is 0 Å². The molecule has 24 heavy (non-hydrogen) atoms. The minimum Gasteiger partial charge on any atom is -0.411 e. The molecule has 0 aromatic carbocycles. The Balaban J connectivity index is 2.21. The lowest BCUT2D eigenvalue weighted by atomic mass is 9.78. The first-order valence-electron chi connectivity index (χ1n) is 8.70. The molecule has 1 aliphatic heterocycles. The van der Waals surface area contributed by atoms with Crippen molar-refractivity contribution in [3.8, 4) is 0 Å². The molecule has 1 saturated heterocycles. The lowest BCUT2D eigenvalue weighted by Gasteiger charge is -2.36. The zero-order valence-electron chi connectivity index (χ0n) is 16.7. The molecule has 2 heterocycles. The van der Waals surface area contributed by atoms with Crippen molar-refractivity contribution in [2.24, 2.45) is 0 Å². The summed E-state index contributed by atoms with van der Waals surface area (Å²) in [6.07, 6.45) is 1.80. The number of aromatic nitrogens is 1. The first-order valence-corrected chi connectivity index (χ1v) is 11.6. The number of hydrogen-bond donors (Lipinski definition) is 0. The molecular weight excluding hydrogens is 317 g/mol. The van der Waals surface area contributed by atoms with Gasteiger partial charge in [0.25, 0.3) is 0 Å². The fourth-order valence-electron chi connectivity index (χ4n) is 2.22. The van der Waals surface area contributed by atoms with Gasteiger partial charge in [0, 0.05) is 11.7 Å². The van der Waals surface area contributed by atoms with Gasteiger partial charge in [-0.05, 0) is 51.9 Å². The SMILES string of the molecule is CC1(C)OB(c2cccnc2CO[Si](C)(C)C(C)(C)C)OC1(C)C. The van der Waals surface area contributed by atoms with Crippen LogP contribution < -0.4 is 5.46 Å². The maximum absolute atomic E-state index is 6.35. The number of nitrogens with zero attached hydrogens (tertiary/aromatic N) is 1. The second kappa shape index (κ2) is 6.24. The molecule has 2 rings (SSSR count). The summed E-state index contributed by atoms with van der Waals surface area (Å²) in [5.74, 6) is 0. The Hall–Kier alpha value is -0.688. The van der Waals surface area contributed by atoms with Crippen LogP contribution in [0.2, 0.25) is 18.1 Å². The molecule has 0 N–H and O–H groups in total. The van der Waals surface area contributed by atoms with Gasteiger partial charge in [-0.1, -0.05) is 26.8 Å². The molecule has 134 valence electrons. The fraction of sp³-hybridized carbons (Fsp3) is 0.722. The maximum Gasteiger partial charge on any atom is 0.496 e. The van der Waals surface area contributed by atoms with E-state index in [-0.39, 0.29) is 16.2 Å². The minimum absolute atomic E-state index is 0.173. The van der Waals surface area contributed by atoms with Crippen LogP contribution in [0, 0.1) is 0 Å². The van der Waals surface area contributed by atoms with Crippen molar-refractivity contribution >= 4 is 20.9 Å². The number of rotatable bonds is 4. The predicted octanol–water partition coefficient (Wildman–Crippen LogP) is 3.90. The van der Waals surface area contributed by atoms with Gasteiger partial charge in [0.1, 0.15) is 0 Å². The average Bonchev–Trinajstić information content (AvgIpc) is 2.64. The molecule has 0 aliphatic carbocycles. The third kappa shape index (κ3) is 3.77. The third-order valence-corrected chi connectivity index (χ3v) is 10.3. The van der Waals surface area contributed by atoms with Gasteiger partial charge >= 0.3 is 7.12 Å². The van der Waals surface area contributed by atoms with E-state index < -0.39 is 15.4 Å². The van der Waals surface area contributed by atoms with Gasteiger partial charge in [-0.3, -0.25) is 4.98 Å². The topological polar surface area (TPSA) is 40.6 Å². The van der Waals surface area contributed by atoms with E-state index in [1.165, 1.54) is 0 Å².